The van der Waals surface area contributed by atoms with Gasteiger partial charge in [-0.3, -0.25) is 0 Å². The summed E-state index contributed by atoms with van der Waals surface area (Å²) < 4.78 is 90.2. The van der Waals surface area contributed by atoms with E-state index in [1.807, 2.05) is 0 Å². The van der Waals surface area contributed by atoms with Crippen molar-refractivity contribution < 1.29 is 66.3 Å². The molecule has 0 saturated carbocycles. The number of rotatable bonds is 34. The van der Waals surface area contributed by atoms with Crippen LogP contribution in [0.15, 0.2) is 0 Å². The first-order chi connectivity index (χ1) is 45.4. The fraction of sp³-hybridized carbons (Fsp3) is 0.671. The van der Waals surface area contributed by atoms with Crippen LogP contribution in [0.3, 0.4) is 0 Å². The number of unbranched alkanes of at least 4 members (excludes halogenated alkanes) is 4. The molecular formula is C73H104O14S6. The Bertz CT molecular complexity index is 3100. The van der Waals surface area contributed by atoms with E-state index in [0.717, 1.165) is 179 Å². The SMILES string of the molecule is CCCCC(CC)COCC1(COCC(CC)CCCC)COc2c(-c3sc(C)c4c3OCCO4)sc(-c3sc(C)c4c3OCCO4)c2OC1.CCCCC(CC)COc1c(-c2sc(C)c3c2OCCO3)sc(-c2sc(C)c3c2OCCO3)c1OCC(CC)CCCC. The summed E-state index contributed by atoms with van der Waals surface area (Å²) in [5, 5.41) is 0. The van der Waals surface area contributed by atoms with Gasteiger partial charge >= 0.3 is 0 Å². The van der Waals surface area contributed by atoms with Crippen LogP contribution in [-0.2, 0) is 9.47 Å². The van der Waals surface area contributed by atoms with Crippen LogP contribution < -0.4 is 56.8 Å². The van der Waals surface area contributed by atoms with Crippen molar-refractivity contribution >= 4 is 68.0 Å². The number of fused-ring (bicyclic) bond motifs is 5. The van der Waals surface area contributed by atoms with Crippen molar-refractivity contribution in [3.63, 3.8) is 0 Å². The topological polar surface area (TPSA) is 129 Å². The van der Waals surface area contributed by atoms with Gasteiger partial charge in [0.1, 0.15) is 66.1 Å². The molecular weight excluding hydrogens is 1290 g/mol. The monoisotopic (exact) mass is 1400 g/mol. The van der Waals surface area contributed by atoms with Gasteiger partial charge in [-0.05, 0) is 77.0 Å². The van der Waals surface area contributed by atoms with Crippen LogP contribution in [0.4, 0.5) is 0 Å². The van der Waals surface area contributed by atoms with Gasteiger partial charge in [0.2, 0.25) is 0 Å². The summed E-state index contributed by atoms with van der Waals surface area (Å²) in [5.41, 5.74) is -0.480. The van der Waals surface area contributed by atoms with Gasteiger partial charge < -0.3 is 66.3 Å². The zero-order valence-electron chi connectivity index (χ0n) is 57.6. The second-order valence-corrected chi connectivity index (χ2v) is 32.5. The largest absolute Gasteiger partial charge is 0.488 e. The van der Waals surface area contributed by atoms with Crippen molar-refractivity contribution in [1.82, 2.24) is 0 Å². The van der Waals surface area contributed by atoms with E-state index in [1.54, 1.807) is 68.0 Å². The van der Waals surface area contributed by atoms with Gasteiger partial charge in [-0.15, -0.1) is 68.0 Å². The molecule has 5 aliphatic heterocycles. The number of hydrogen-bond donors (Lipinski definition) is 0. The Kier molecular flexibility index (Phi) is 26.7. The summed E-state index contributed by atoms with van der Waals surface area (Å²) >= 11 is 10.2. The molecule has 4 unspecified atom stereocenters. The van der Waals surface area contributed by atoms with E-state index in [1.165, 1.54) is 64.2 Å². The lowest BCUT2D eigenvalue weighted by Crippen LogP contribution is -2.43. The predicted molar refractivity (Wildman–Crippen MR) is 384 cm³/mol. The van der Waals surface area contributed by atoms with Gasteiger partial charge in [-0.1, -0.05) is 132 Å². The molecule has 0 radical (unpaired) electrons. The van der Waals surface area contributed by atoms with Crippen molar-refractivity contribution in [3.8, 4) is 108 Å². The maximum absolute atomic E-state index is 6.97. The third kappa shape index (κ3) is 16.8. The lowest BCUT2D eigenvalue weighted by atomic mass is 9.91. The Labute approximate surface area is 578 Å². The van der Waals surface area contributed by atoms with Crippen LogP contribution in [0.25, 0.3) is 39.0 Å². The molecule has 4 atom stereocenters. The molecule has 11 heterocycles. The van der Waals surface area contributed by atoms with Gasteiger partial charge in [0, 0.05) is 32.7 Å². The molecule has 0 spiro atoms. The van der Waals surface area contributed by atoms with Gasteiger partial charge in [0.15, 0.2) is 69.0 Å². The lowest BCUT2D eigenvalue weighted by Gasteiger charge is -2.32. The fourth-order valence-corrected chi connectivity index (χ4v) is 19.5. The summed E-state index contributed by atoms with van der Waals surface area (Å²) in [6, 6.07) is 0. The molecule has 0 aromatic carbocycles. The van der Waals surface area contributed by atoms with Crippen molar-refractivity contribution in [2.24, 2.45) is 29.1 Å². The molecule has 0 bridgehead atoms. The third-order valence-corrected chi connectivity index (χ3v) is 25.6. The molecule has 14 nitrogen and oxygen atoms in total. The molecule has 6 aromatic heterocycles. The smallest absolute Gasteiger partial charge is 0.181 e. The Hall–Kier alpha value is -4.28. The Morgan fingerprint density at radius 3 is 0.849 bits per heavy atom. The highest BCUT2D eigenvalue weighted by atomic mass is 32.1. The van der Waals surface area contributed by atoms with Gasteiger partial charge in [0.25, 0.3) is 0 Å². The molecule has 516 valence electrons. The van der Waals surface area contributed by atoms with Crippen LogP contribution in [0.5, 0.6) is 69.0 Å². The summed E-state index contributed by atoms with van der Waals surface area (Å²) in [4.78, 5) is 12.6. The van der Waals surface area contributed by atoms with Crippen molar-refractivity contribution in [1.29, 1.82) is 0 Å². The molecule has 5 aliphatic rings. The number of hydrogen-bond acceptors (Lipinski definition) is 20. The second-order valence-electron chi connectivity index (χ2n) is 25.6. The standard InChI is InChI=1S/C39H56O8S3.C34H48O6S3/c1-7-11-13-27(9-3)19-40-21-39(22-41-20-28(10-4)14-12-8-2)23-46-33-34(47-24-39)38(36-32-30(26(6)49-36)43-16-18-45-32)50-37(33)35-31-29(25(5)48-35)42-15-17-44-31;1-7-11-13-23(9-3)19-39-29-30(40-20-24(10-4)14-12-8-2)34(32-28-26(22(6)42-32)36-16-18-38-28)43-33(29)31-27-25(21(5)41-31)35-15-17-37-27/h27-28H,7-24H2,1-6H3;23-24H,7-20H2,1-6H3. The molecule has 0 aliphatic carbocycles. The molecule has 0 N–H and O–H groups in total. The quantitative estimate of drug-likeness (QED) is 0.0380. The zero-order valence-corrected chi connectivity index (χ0v) is 62.5. The van der Waals surface area contributed by atoms with E-state index >= 15 is 0 Å². The Balaban J connectivity index is 0.000000206. The summed E-state index contributed by atoms with van der Waals surface area (Å²) in [5.74, 6) is 11.8. The maximum atomic E-state index is 6.97. The summed E-state index contributed by atoms with van der Waals surface area (Å²) in [6.07, 6.45) is 18.8. The zero-order chi connectivity index (χ0) is 65.4. The summed E-state index contributed by atoms with van der Waals surface area (Å²) in [7, 11) is 0. The van der Waals surface area contributed by atoms with Crippen LogP contribution in [0, 0.1) is 56.8 Å². The number of thiophene rings is 6. The summed E-state index contributed by atoms with van der Waals surface area (Å²) in [6.45, 7) is 35.5. The van der Waals surface area contributed by atoms with E-state index in [9.17, 15) is 0 Å². The Morgan fingerprint density at radius 1 is 0.312 bits per heavy atom. The van der Waals surface area contributed by atoms with Crippen LogP contribution in [-0.4, -0.2) is 106 Å². The Morgan fingerprint density at radius 2 is 0.559 bits per heavy atom. The molecule has 93 heavy (non-hydrogen) atoms. The number of ether oxygens (including phenoxy) is 14. The first kappa shape index (κ1) is 71.5. The first-order valence-corrected chi connectivity index (χ1v) is 39.9. The molecule has 6 aromatic rings. The third-order valence-electron chi connectivity index (χ3n) is 18.4. The van der Waals surface area contributed by atoms with Crippen LogP contribution in [0.1, 0.15) is 178 Å². The molecule has 0 saturated heterocycles. The molecule has 0 fully saturated rings. The highest BCUT2D eigenvalue weighted by molar-refractivity contribution is 7.28. The second kappa shape index (κ2) is 34.8. The van der Waals surface area contributed by atoms with Crippen molar-refractivity contribution in [2.75, 3.05) is 106 Å². The minimum absolute atomic E-state index is 0.422. The van der Waals surface area contributed by atoms with Crippen molar-refractivity contribution in [2.45, 2.75) is 186 Å². The predicted octanol–water partition coefficient (Wildman–Crippen LogP) is 21.1. The van der Waals surface area contributed by atoms with Crippen LogP contribution >= 0.6 is 68.0 Å². The van der Waals surface area contributed by atoms with Gasteiger partial charge in [0.05, 0.1) is 70.9 Å². The van der Waals surface area contributed by atoms with Gasteiger partial charge in [-0.2, -0.15) is 0 Å². The lowest BCUT2D eigenvalue weighted by molar-refractivity contribution is -0.0714. The minimum atomic E-state index is -0.480. The maximum Gasteiger partial charge on any atom is 0.181 e. The van der Waals surface area contributed by atoms with Crippen LogP contribution in [0.2, 0.25) is 0 Å². The van der Waals surface area contributed by atoms with E-state index in [0.29, 0.717) is 116 Å². The van der Waals surface area contributed by atoms with Crippen molar-refractivity contribution in [3.05, 3.63) is 19.5 Å². The average molecular weight is 1400 g/mol. The van der Waals surface area contributed by atoms with Gasteiger partial charge in [-0.25, -0.2) is 0 Å². The molecule has 0 amide bonds. The van der Waals surface area contributed by atoms with E-state index in [2.05, 4.69) is 83.1 Å². The minimum Gasteiger partial charge on any atom is -0.488 e. The normalized spacial score (nSPS) is 16.5. The van der Waals surface area contributed by atoms with E-state index in [4.69, 9.17) is 66.3 Å². The molecule has 20 heteroatoms. The fourth-order valence-electron chi connectivity index (χ4n) is 12.5. The van der Waals surface area contributed by atoms with E-state index < -0.39 is 5.41 Å². The number of aryl methyl sites for hydroxylation is 4. The highest BCUT2D eigenvalue weighted by Gasteiger charge is 2.42. The highest BCUT2D eigenvalue weighted by Crippen LogP contribution is 2.65. The molecule has 11 rings (SSSR count). The average Bonchev–Trinajstić information content (AvgIpc) is 1.61. The first-order valence-electron chi connectivity index (χ1n) is 35.0. The van der Waals surface area contributed by atoms with E-state index in [-0.39, 0.29) is 0 Å².